The number of pyridine rings is 2. The maximum Gasteiger partial charge on any atom is 0.416 e. The highest BCUT2D eigenvalue weighted by Gasteiger charge is 2.30. The van der Waals surface area contributed by atoms with Crippen LogP contribution in [0.15, 0.2) is 146 Å². The van der Waals surface area contributed by atoms with Crippen molar-refractivity contribution in [3.63, 3.8) is 0 Å². The molecule has 0 saturated carbocycles. The molecule has 0 atom stereocenters. The Balaban J connectivity index is 0.000000167. The Morgan fingerprint density at radius 3 is 1.52 bits per heavy atom. The third-order valence-corrected chi connectivity index (χ3v) is 8.06. The zero-order chi connectivity index (χ0) is 37.7. The number of hydrogen-bond acceptors (Lipinski definition) is 8. The van der Waals surface area contributed by atoms with E-state index in [1.54, 1.807) is 30.9 Å². The largest absolute Gasteiger partial charge is 0.416 e. The van der Waals surface area contributed by atoms with Gasteiger partial charge >= 0.3 is 12.4 Å². The van der Waals surface area contributed by atoms with Crippen LogP contribution >= 0.6 is 0 Å². The molecule has 8 nitrogen and oxygen atoms in total. The summed E-state index contributed by atoms with van der Waals surface area (Å²) in [6.07, 6.45) is -0.564. The Bertz CT molecular complexity index is 2350. The average molecular weight is 733 g/mol. The zero-order valence-corrected chi connectivity index (χ0v) is 27.8. The van der Waals surface area contributed by atoms with Gasteiger partial charge in [0.05, 0.1) is 45.9 Å². The van der Waals surface area contributed by atoms with Crippen molar-refractivity contribution in [3.05, 3.63) is 157 Å². The van der Waals surface area contributed by atoms with Crippen LogP contribution in [0.25, 0.3) is 44.3 Å². The van der Waals surface area contributed by atoms with Crippen LogP contribution in [0.2, 0.25) is 0 Å². The number of nitrogens with one attached hydrogen (secondary N) is 2. The fraction of sp³-hybridized carbons (Fsp3) is 0.0500. The molecule has 268 valence electrons. The lowest BCUT2D eigenvalue weighted by atomic mass is 10.1. The van der Waals surface area contributed by atoms with Crippen LogP contribution in [0.4, 0.5) is 49.5 Å². The van der Waals surface area contributed by atoms with Gasteiger partial charge in [-0.25, -0.2) is 15.0 Å². The van der Waals surface area contributed by atoms with E-state index in [1.807, 2.05) is 60.7 Å². The second-order valence-corrected chi connectivity index (χ2v) is 11.7. The highest BCUT2D eigenvalue weighted by atomic mass is 19.4. The van der Waals surface area contributed by atoms with Crippen molar-refractivity contribution in [2.45, 2.75) is 12.4 Å². The number of alkyl halides is 6. The van der Waals surface area contributed by atoms with Gasteiger partial charge in [0.2, 0.25) is 5.95 Å². The average Bonchev–Trinajstić information content (AvgIpc) is 3.18. The van der Waals surface area contributed by atoms with Crippen molar-refractivity contribution in [1.82, 2.24) is 29.9 Å². The van der Waals surface area contributed by atoms with Crippen molar-refractivity contribution in [1.29, 1.82) is 0 Å². The second kappa shape index (κ2) is 14.9. The Morgan fingerprint density at radius 2 is 0.963 bits per heavy atom. The number of aromatic nitrogens is 6. The van der Waals surface area contributed by atoms with E-state index in [0.29, 0.717) is 34.5 Å². The first kappa shape index (κ1) is 35.4. The highest BCUT2D eigenvalue weighted by Crippen LogP contribution is 2.32. The molecule has 4 aromatic carbocycles. The van der Waals surface area contributed by atoms with Gasteiger partial charge < -0.3 is 10.6 Å². The molecule has 0 aliphatic rings. The van der Waals surface area contributed by atoms with Crippen molar-refractivity contribution >= 4 is 44.9 Å². The van der Waals surface area contributed by atoms with Crippen LogP contribution in [-0.2, 0) is 12.4 Å². The summed E-state index contributed by atoms with van der Waals surface area (Å²) >= 11 is 0. The van der Waals surface area contributed by atoms with Gasteiger partial charge in [0.1, 0.15) is 5.82 Å². The molecule has 14 heteroatoms. The number of benzene rings is 4. The van der Waals surface area contributed by atoms with Gasteiger partial charge in [-0.05, 0) is 66.7 Å². The monoisotopic (exact) mass is 732 g/mol. The molecule has 0 aliphatic carbocycles. The summed E-state index contributed by atoms with van der Waals surface area (Å²) in [7, 11) is 0. The molecule has 4 aromatic heterocycles. The number of para-hydroxylation sites is 2. The van der Waals surface area contributed by atoms with E-state index < -0.39 is 23.5 Å². The zero-order valence-electron chi connectivity index (χ0n) is 27.8. The first-order chi connectivity index (χ1) is 26.0. The number of rotatable bonds is 6. The van der Waals surface area contributed by atoms with Gasteiger partial charge in [-0.3, -0.25) is 15.0 Å². The van der Waals surface area contributed by atoms with Gasteiger partial charge in [0.25, 0.3) is 0 Å². The topological polar surface area (TPSA) is 101 Å². The summed E-state index contributed by atoms with van der Waals surface area (Å²) in [4.78, 5) is 26.2. The third kappa shape index (κ3) is 8.23. The SMILES string of the molecule is FC(F)(F)c1ccc(Nc2cncc(-c3cccc4cccnc34)n2)cc1.FC(F)(F)c1ccc(Nc2nccc(-c3cccc4cccnc34)n2)cc1. The molecule has 8 rings (SSSR count). The van der Waals surface area contributed by atoms with E-state index in [1.165, 1.54) is 30.5 Å². The summed E-state index contributed by atoms with van der Waals surface area (Å²) in [6.45, 7) is 0. The van der Waals surface area contributed by atoms with Gasteiger partial charge in [0.15, 0.2) is 0 Å². The summed E-state index contributed by atoms with van der Waals surface area (Å²) < 4.78 is 76.0. The van der Waals surface area contributed by atoms with E-state index in [0.717, 1.165) is 57.2 Å². The van der Waals surface area contributed by atoms with Crippen LogP contribution < -0.4 is 10.6 Å². The second-order valence-electron chi connectivity index (χ2n) is 11.7. The van der Waals surface area contributed by atoms with Crippen molar-refractivity contribution in [2.75, 3.05) is 10.6 Å². The third-order valence-electron chi connectivity index (χ3n) is 8.06. The van der Waals surface area contributed by atoms with Gasteiger partial charge in [-0.15, -0.1) is 0 Å². The van der Waals surface area contributed by atoms with E-state index >= 15 is 0 Å². The highest BCUT2D eigenvalue weighted by molar-refractivity contribution is 5.93. The molecule has 8 aromatic rings. The summed E-state index contributed by atoms with van der Waals surface area (Å²) in [5.41, 5.74) is 4.16. The molecule has 0 fully saturated rings. The Hall–Kier alpha value is -6.96. The lowest BCUT2D eigenvalue weighted by Gasteiger charge is -2.10. The van der Waals surface area contributed by atoms with Gasteiger partial charge in [0, 0.05) is 51.9 Å². The van der Waals surface area contributed by atoms with Crippen LogP contribution in [0.1, 0.15) is 11.1 Å². The minimum Gasteiger partial charge on any atom is -0.339 e. The van der Waals surface area contributed by atoms with Gasteiger partial charge in [-0.1, -0.05) is 48.5 Å². The van der Waals surface area contributed by atoms with Crippen LogP contribution in [0.5, 0.6) is 0 Å². The molecule has 2 N–H and O–H groups in total. The first-order valence-corrected chi connectivity index (χ1v) is 16.2. The molecule has 0 amide bonds. The molecule has 0 saturated heterocycles. The molecule has 4 heterocycles. The van der Waals surface area contributed by atoms with E-state index in [9.17, 15) is 26.3 Å². The van der Waals surface area contributed by atoms with Crippen molar-refractivity contribution < 1.29 is 26.3 Å². The van der Waals surface area contributed by atoms with Crippen LogP contribution in [-0.4, -0.2) is 29.9 Å². The number of fused-ring (bicyclic) bond motifs is 2. The summed E-state index contributed by atoms with van der Waals surface area (Å²) in [5, 5.41) is 7.89. The van der Waals surface area contributed by atoms with Crippen molar-refractivity contribution in [2.24, 2.45) is 0 Å². The Labute approximate surface area is 303 Å². The maximum absolute atomic E-state index is 12.7. The standard InChI is InChI=1S/2C20H13F3N4/c21-20(22,23)14-6-8-15(9-7-14)26-19-25-12-10-17(27-19)16-5-1-3-13-4-2-11-24-18(13)16;21-20(22,23)14-6-8-15(9-7-14)26-18-12-24-11-17(27-18)16-5-1-3-13-4-2-10-25-19(13)16/h1-12H,(H,25,26,27);1-12H,(H,26,27). The first-order valence-electron chi connectivity index (χ1n) is 16.2. The number of halogens is 6. The van der Waals surface area contributed by atoms with E-state index in [-0.39, 0.29) is 0 Å². The smallest absolute Gasteiger partial charge is 0.339 e. The number of hydrogen-bond donors (Lipinski definition) is 2. The number of anilines is 4. The molecule has 0 unspecified atom stereocenters. The fourth-order valence-electron chi connectivity index (χ4n) is 5.51. The lowest BCUT2D eigenvalue weighted by Crippen LogP contribution is -2.04. The van der Waals surface area contributed by atoms with Gasteiger partial charge in [-0.2, -0.15) is 26.3 Å². The number of nitrogens with zero attached hydrogens (tertiary/aromatic N) is 6. The molecule has 0 bridgehead atoms. The minimum atomic E-state index is -4.36. The van der Waals surface area contributed by atoms with E-state index in [2.05, 4.69) is 40.5 Å². The summed E-state index contributed by atoms with van der Waals surface area (Å²) in [6, 6.07) is 30.5. The van der Waals surface area contributed by atoms with E-state index in [4.69, 9.17) is 0 Å². The quantitative estimate of drug-likeness (QED) is 0.163. The fourth-order valence-corrected chi connectivity index (χ4v) is 5.51. The molecule has 0 radical (unpaired) electrons. The Morgan fingerprint density at radius 1 is 0.444 bits per heavy atom. The predicted molar refractivity (Wildman–Crippen MR) is 195 cm³/mol. The van der Waals surface area contributed by atoms with Crippen LogP contribution in [0, 0.1) is 0 Å². The summed E-state index contributed by atoms with van der Waals surface area (Å²) in [5.74, 6) is 0.723. The normalized spacial score (nSPS) is 11.5. The molecule has 0 aliphatic heterocycles. The molecule has 0 spiro atoms. The Kier molecular flexibility index (Phi) is 9.81. The predicted octanol–water partition coefficient (Wildman–Crippen LogP) is 10.9. The van der Waals surface area contributed by atoms with Crippen molar-refractivity contribution in [3.8, 4) is 22.5 Å². The molecular formula is C40H26F6N8. The minimum absolute atomic E-state index is 0.292. The lowest BCUT2D eigenvalue weighted by molar-refractivity contribution is -0.138. The van der Waals surface area contributed by atoms with Crippen LogP contribution in [0.3, 0.4) is 0 Å². The maximum atomic E-state index is 12.7. The molecular weight excluding hydrogens is 706 g/mol. The molecule has 54 heavy (non-hydrogen) atoms.